The first-order chi connectivity index (χ1) is 6.79. The summed E-state index contributed by atoms with van der Waals surface area (Å²) in [5.74, 6) is -0.880. The quantitative estimate of drug-likeness (QED) is 0.585. The monoisotopic (exact) mass is 213 g/mol. The van der Waals surface area contributed by atoms with Crippen LogP contribution < -0.4 is 0 Å². The van der Waals surface area contributed by atoms with Crippen LogP contribution in [0.2, 0.25) is 0 Å². The molecule has 82 valence electrons. The van der Waals surface area contributed by atoms with Gasteiger partial charge in [0.2, 0.25) is 0 Å². The van der Waals surface area contributed by atoms with Crippen molar-refractivity contribution in [3.8, 4) is 0 Å². The molecule has 0 atom stereocenters. The van der Waals surface area contributed by atoms with Gasteiger partial charge in [-0.3, -0.25) is 4.79 Å². The molecule has 0 amide bonds. The van der Waals surface area contributed by atoms with Crippen molar-refractivity contribution in [1.82, 2.24) is 9.78 Å². The molecule has 0 radical (unpaired) electrons. The maximum atomic E-state index is 11.4. The lowest BCUT2D eigenvalue weighted by molar-refractivity contribution is -0.389. The molecule has 0 aliphatic heterocycles. The Labute approximate surface area is 85.5 Å². The summed E-state index contributed by atoms with van der Waals surface area (Å²) in [6, 6.07) is 1.13. The summed E-state index contributed by atoms with van der Waals surface area (Å²) in [6.45, 7) is 2.95. The molecule has 0 unspecified atom stereocenters. The van der Waals surface area contributed by atoms with Gasteiger partial charge < -0.3 is 15.2 Å². The molecule has 1 heterocycles. The van der Waals surface area contributed by atoms with Crippen LogP contribution in [0.5, 0.6) is 0 Å². The molecule has 7 heteroatoms. The minimum Gasteiger partial charge on any atom is -0.390 e. The number of hydrogen-bond donors (Lipinski definition) is 1. The third-order valence-electron chi connectivity index (χ3n) is 1.60. The van der Waals surface area contributed by atoms with Gasteiger partial charge in [0, 0.05) is 0 Å². The van der Waals surface area contributed by atoms with Crippen molar-refractivity contribution in [3.05, 3.63) is 22.4 Å². The van der Waals surface area contributed by atoms with Gasteiger partial charge >= 0.3 is 5.82 Å². The minimum atomic E-state index is -1.15. The van der Waals surface area contributed by atoms with Gasteiger partial charge in [-0.2, -0.15) is 0 Å². The molecule has 7 nitrogen and oxygen atoms in total. The van der Waals surface area contributed by atoms with E-state index < -0.39 is 16.4 Å². The van der Waals surface area contributed by atoms with E-state index in [1.54, 1.807) is 0 Å². The maximum absolute atomic E-state index is 11.4. The highest BCUT2D eigenvalue weighted by Gasteiger charge is 2.23. The molecular weight excluding hydrogens is 202 g/mol. The molecule has 1 N–H and O–H groups in total. The Kier molecular flexibility index (Phi) is 2.85. The van der Waals surface area contributed by atoms with Gasteiger partial charge in [0.25, 0.3) is 5.91 Å². The van der Waals surface area contributed by atoms with Crippen LogP contribution in [-0.4, -0.2) is 31.3 Å². The molecule has 1 aromatic rings. The highest BCUT2D eigenvalue weighted by molar-refractivity contribution is 5.79. The Morgan fingerprint density at radius 1 is 1.73 bits per heavy atom. The van der Waals surface area contributed by atoms with Gasteiger partial charge in [-0.15, -0.1) is 4.68 Å². The predicted octanol–water partition coefficient (Wildman–Crippen LogP) is 0.593. The molecule has 1 rings (SSSR count). The van der Waals surface area contributed by atoms with Gasteiger partial charge in [-0.25, -0.2) is 0 Å². The third kappa shape index (κ3) is 3.13. The average molecular weight is 213 g/mol. The van der Waals surface area contributed by atoms with Crippen LogP contribution in [-0.2, 0) is 0 Å². The van der Waals surface area contributed by atoms with E-state index in [0.717, 1.165) is 10.7 Å². The highest BCUT2D eigenvalue weighted by atomic mass is 16.6. The molecule has 0 aliphatic rings. The SMILES string of the molecule is CC(C)(O)CC(=O)n1ccc([N+](=O)[O-])n1. The fraction of sp³-hybridized carbons (Fsp3) is 0.500. The van der Waals surface area contributed by atoms with Crippen LogP contribution in [0.3, 0.4) is 0 Å². The van der Waals surface area contributed by atoms with E-state index in [2.05, 4.69) is 5.10 Å². The standard InChI is InChI=1S/C8H11N3O4/c1-8(2,13)5-7(12)10-4-3-6(9-10)11(14)15/h3-4,13H,5H2,1-2H3. The Morgan fingerprint density at radius 3 is 2.73 bits per heavy atom. The number of carbonyl (C=O) groups is 1. The van der Waals surface area contributed by atoms with Crippen molar-refractivity contribution in [2.75, 3.05) is 0 Å². The number of aliphatic hydroxyl groups is 1. The van der Waals surface area contributed by atoms with E-state index in [9.17, 15) is 20.0 Å². The number of rotatable bonds is 3. The van der Waals surface area contributed by atoms with Crippen molar-refractivity contribution in [2.45, 2.75) is 25.9 Å². The van der Waals surface area contributed by atoms with E-state index in [1.165, 1.54) is 20.0 Å². The first kappa shape index (κ1) is 11.3. The summed E-state index contributed by atoms with van der Waals surface area (Å²) in [5, 5.41) is 23.1. The van der Waals surface area contributed by atoms with E-state index in [1.807, 2.05) is 0 Å². The number of carbonyl (C=O) groups excluding carboxylic acids is 1. The van der Waals surface area contributed by atoms with Crippen LogP contribution in [0.4, 0.5) is 5.82 Å². The lowest BCUT2D eigenvalue weighted by Gasteiger charge is -2.13. The van der Waals surface area contributed by atoms with Crippen molar-refractivity contribution in [1.29, 1.82) is 0 Å². The minimum absolute atomic E-state index is 0.147. The summed E-state index contributed by atoms with van der Waals surface area (Å²) in [6.07, 6.45) is 1.05. The number of nitro groups is 1. The molecule has 0 fully saturated rings. The number of hydrogen-bond acceptors (Lipinski definition) is 5. The molecule has 0 saturated carbocycles. The highest BCUT2D eigenvalue weighted by Crippen LogP contribution is 2.11. The Bertz CT molecular complexity index is 391. The molecule has 15 heavy (non-hydrogen) atoms. The van der Waals surface area contributed by atoms with Crippen molar-refractivity contribution in [2.24, 2.45) is 0 Å². The smallest absolute Gasteiger partial charge is 0.390 e. The summed E-state index contributed by atoms with van der Waals surface area (Å²) >= 11 is 0. The van der Waals surface area contributed by atoms with Gasteiger partial charge in [0.1, 0.15) is 0 Å². The fourth-order valence-electron chi connectivity index (χ4n) is 1.00. The zero-order chi connectivity index (χ0) is 11.6. The van der Waals surface area contributed by atoms with Crippen molar-refractivity contribution >= 4 is 11.7 Å². The lowest BCUT2D eigenvalue weighted by atomic mass is 10.1. The largest absolute Gasteiger partial charge is 0.390 e. The molecule has 1 aromatic heterocycles. The molecule has 0 bridgehead atoms. The summed E-state index contributed by atoms with van der Waals surface area (Å²) in [5.41, 5.74) is -1.15. The third-order valence-corrected chi connectivity index (χ3v) is 1.60. The zero-order valence-electron chi connectivity index (χ0n) is 8.38. The van der Waals surface area contributed by atoms with Gasteiger partial charge in [0.05, 0.1) is 29.4 Å². The molecule has 0 saturated heterocycles. The van der Waals surface area contributed by atoms with Crippen LogP contribution in [0.1, 0.15) is 25.1 Å². The molecule has 0 aliphatic carbocycles. The zero-order valence-corrected chi connectivity index (χ0v) is 8.38. The van der Waals surface area contributed by atoms with Crippen LogP contribution in [0.15, 0.2) is 12.3 Å². The van der Waals surface area contributed by atoms with E-state index in [4.69, 9.17) is 0 Å². The second-order valence-corrected chi connectivity index (χ2v) is 3.76. The number of aromatic nitrogens is 2. The number of nitrogens with zero attached hydrogens (tertiary/aromatic N) is 3. The van der Waals surface area contributed by atoms with Crippen LogP contribution in [0, 0.1) is 10.1 Å². The van der Waals surface area contributed by atoms with Gasteiger partial charge in [-0.1, -0.05) is 0 Å². The van der Waals surface area contributed by atoms with Gasteiger partial charge in [0.15, 0.2) is 0 Å². The van der Waals surface area contributed by atoms with E-state index in [0.29, 0.717) is 0 Å². The predicted molar refractivity (Wildman–Crippen MR) is 50.4 cm³/mol. The second kappa shape index (κ2) is 3.77. The Balaban J connectivity index is 2.79. The normalized spacial score (nSPS) is 11.4. The van der Waals surface area contributed by atoms with Crippen molar-refractivity contribution in [3.63, 3.8) is 0 Å². The van der Waals surface area contributed by atoms with Gasteiger partial charge in [-0.05, 0) is 18.8 Å². The summed E-state index contributed by atoms with van der Waals surface area (Å²) in [4.78, 5) is 21.0. The first-order valence-corrected chi connectivity index (χ1v) is 4.25. The van der Waals surface area contributed by atoms with Crippen LogP contribution in [0.25, 0.3) is 0 Å². The average Bonchev–Trinajstić information content (AvgIpc) is 2.47. The molecular formula is C8H11N3O4. The lowest BCUT2D eigenvalue weighted by Crippen LogP contribution is -2.26. The van der Waals surface area contributed by atoms with E-state index >= 15 is 0 Å². The molecule has 0 spiro atoms. The maximum Gasteiger partial charge on any atom is 0.390 e. The fourth-order valence-corrected chi connectivity index (χ4v) is 1.00. The summed E-state index contributed by atoms with van der Waals surface area (Å²) in [7, 11) is 0. The Morgan fingerprint density at radius 2 is 2.33 bits per heavy atom. The Hall–Kier alpha value is -1.76. The van der Waals surface area contributed by atoms with Crippen LogP contribution >= 0.6 is 0 Å². The topological polar surface area (TPSA) is 98.3 Å². The first-order valence-electron chi connectivity index (χ1n) is 4.25. The molecule has 0 aromatic carbocycles. The summed E-state index contributed by atoms with van der Waals surface area (Å²) < 4.78 is 0.857. The van der Waals surface area contributed by atoms with E-state index in [-0.39, 0.29) is 12.2 Å². The second-order valence-electron chi connectivity index (χ2n) is 3.76. The van der Waals surface area contributed by atoms with Crippen molar-refractivity contribution < 1.29 is 14.8 Å².